The van der Waals surface area contributed by atoms with Crippen LogP contribution in [0, 0.1) is 0 Å². The number of hydrogen-bond acceptors (Lipinski definition) is 0. The predicted molar refractivity (Wildman–Crippen MR) is 68.9 cm³/mol. The topological polar surface area (TPSA) is 0 Å². The fourth-order valence-corrected chi connectivity index (χ4v) is 12.4. The Morgan fingerprint density at radius 3 is 1.85 bits per heavy atom. The van der Waals surface area contributed by atoms with Crippen LogP contribution in [0.15, 0.2) is 0 Å². The van der Waals surface area contributed by atoms with Crippen molar-refractivity contribution in [2.75, 3.05) is 0 Å². The molecule has 79 valence electrons. The second-order valence-corrected chi connectivity index (χ2v) is 13.1. The van der Waals surface area contributed by atoms with Gasteiger partial charge >= 0.3 is 0 Å². The third-order valence-corrected chi connectivity index (χ3v) is 12.4. The Morgan fingerprint density at radius 1 is 1.08 bits per heavy atom. The van der Waals surface area contributed by atoms with Crippen molar-refractivity contribution in [3.63, 3.8) is 0 Å². The van der Waals surface area contributed by atoms with Crippen LogP contribution < -0.4 is 0 Å². The van der Waals surface area contributed by atoms with Gasteiger partial charge in [0.1, 0.15) is 0 Å². The Labute approximate surface area is 88.3 Å². The largest absolute Gasteiger partial charge is 0.0713 e. The van der Waals surface area contributed by atoms with Crippen molar-refractivity contribution in [1.82, 2.24) is 0 Å². The van der Waals surface area contributed by atoms with Crippen molar-refractivity contribution in [3.05, 3.63) is 0 Å². The van der Waals surface area contributed by atoms with E-state index in [4.69, 9.17) is 0 Å². The molecule has 0 fully saturated rings. The lowest BCUT2D eigenvalue weighted by Gasteiger charge is -2.25. The van der Waals surface area contributed by atoms with Gasteiger partial charge in [-0.15, -0.1) is 0 Å². The summed E-state index contributed by atoms with van der Waals surface area (Å²) in [5.74, 6) is 0. The molecule has 0 aromatic heterocycles. The van der Waals surface area contributed by atoms with Gasteiger partial charge in [-0.05, 0) is 0 Å². The predicted octanol–water partition coefficient (Wildman–Crippen LogP) is 4.11. The molecule has 0 aromatic rings. The third kappa shape index (κ3) is 5.68. The van der Waals surface area contributed by atoms with Gasteiger partial charge < -0.3 is 0 Å². The van der Waals surface area contributed by atoms with Crippen LogP contribution in [-0.4, -0.2) is 17.6 Å². The van der Waals surface area contributed by atoms with Crippen LogP contribution in [0.5, 0.6) is 0 Å². The Morgan fingerprint density at radius 2 is 1.54 bits per heavy atom. The fraction of sp³-hybridized carbons (Fsp3) is 1.00. The van der Waals surface area contributed by atoms with Gasteiger partial charge in [-0.1, -0.05) is 70.4 Å². The summed E-state index contributed by atoms with van der Waals surface area (Å²) in [7, 11) is -0.391. The highest BCUT2D eigenvalue weighted by molar-refractivity contribution is 6.78. The van der Waals surface area contributed by atoms with Gasteiger partial charge in [0.25, 0.3) is 0 Å². The van der Waals surface area contributed by atoms with E-state index in [1.807, 2.05) is 0 Å². The summed E-state index contributed by atoms with van der Waals surface area (Å²) < 4.78 is 0. The molecule has 0 rings (SSSR count). The summed E-state index contributed by atoms with van der Waals surface area (Å²) in [5.41, 5.74) is 3.68. The molecule has 0 aliphatic carbocycles. The lowest BCUT2D eigenvalue weighted by molar-refractivity contribution is 0.934. The highest BCUT2D eigenvalue weighted by Gasteiger charge is 2.21. The van der Waals surface area contributed by atoms with Crippen LogP contribution in [0.1, 0.15) is 41.0 Å². The molecule has 0 aromatic carbocycles. The Bertz CT molecular complexity index is 113. The molecule has 0 aliphatic rings. The summed E-state index contributed by atoms with van der Waals surface area (Å²) >= 11 is 0. The van der Waals surface area contributed by atoms with Gasteiger partial charge in [0.05, 0.1) is 0 Å². The first-order valence-electron chi connectivity index (χ1n) is 5.80. The van der Waals surface area contributed by atoms with Gasteiger partial charge in [0.2, 0.25) is 0 Å². The summed E-state index contributed by atoms with van der Waals surface area (Å²) in [6.45, 7) is 14.6. The molecule has 1 radical (unpaired) electrons. The van der Waals surface area contributed by atoms with Gasteiger partial charge in [0, 0.05) is 17.6 Å². The molecular weight excluding hydrogens is 188 g/mol. The van der Waals surface area contributed by atoms with Gasteiger partial charge in [0.15, 0.2) is 0 Å². The zero-order chi connectivity index (χ0) is 10.4. The highest BCUT2D eigenvalue weighted by Crippen LogP contribution is 2.25. The Hall–Kier alpha value is 0.434. The summed E-state index contributed by atoms with van der Waals surface area (Å²) in [6, 6.07) is 1.54. The van der Waals surface area contributed by atoms with Crippen LogP contribution in [0.3, 0.4) is 0 Å². The molecule has 0 amide bonds. The normalized spacial score (nSPS) is 12.5. The molecule has 0 saturated carbocycles. The maximum Gasteiger partial charge on any atom is 0.0415 e. The molecule has 0 aliphatic heterocycles. The summed E-state index contributed by atoms with van der Waals surface area (Å²) in [4.78, 5) is 0. The van der Waals surface area contributed by atoms with Crippen molar-refractivity contribution in [2.45, 2.75) is 70.4 Å². The van der Waals surface area contributed by atoms with Crippen molar-refractivity contribution >= 4 is 17.6 Å². The first-order valence-corrected chi connectivity index (χ1v) is 10.4. The quantitative estimate of drug-likeness (QED) is 0.585. The van der Waals surface area contributed by atoms with Crippen molar-refractivity contribution in [3.8, 4) is 0 Å². The molecule has 0 heterocycles. The SMILES string of the molecule is CCC[Si](C)C[SiH](C(C)C)C(C)C. The van der Waals surface area contributed by atoms with E-state index in [1.54, 1.807) is 5.67 Å². The van der Waals surface area contributed by atoms with Crippen LogP contribution in [0.2, 0.25) is 29.3 Å². The lowest BCUT2D eigenvalue weighted by Crippen LogP contribution is -2.27. The van der Waals surface area contributed by atoms with Crippen LogP contribution >= 0.6 is 0 Å². The number of rotatable bonds is 6. The lowest BCUT2D eigenvalue weighted by atomic mass is 10.5. The van der Waals surface area contributed by atoms with E-state index in [1.165, 1.54) is 12.5 Å². The van der Waals surface area contributed by atoms with E-state index >= 15 is 0 Å². The van der Waals surface area contributed by atoms with Crippen LogP contribution in [-0.2, 0) is 0 Å². The number of hydrogen-bond donors (Lipinski definition) is 0. The van der Waals surface area contributed by atoms with Crippen LogP contribution in [0.4, 0.5) is 0 Å². The van der Waals surface area contributed by atoms with E-state index < -0.39 is 8.80 Å². The molecule has 0 unspecified atom stereocenters. The minimum Gasteiger partial charge on any atom is -0.0713 e. The van der Waals surface area contributed by atoms with Gasteiger partial charge in [-0.2, -0.15) is 0 Å². The van der Waals surface area contributed by atoms with Gasteiger partial charge in [-0.3, -0.25) is 0 Å². The van der Waals surface area contributed by atoms with Crippen molar-refractivity contribution in [1.29, 1.82) is 0 Å². The van der Waals surface area contributed by atoms with Crippen LogP contribution in [0.25, 0.3) is 0 Å². The van der Waals surface area contributed by atoms with E-state index in [0.717, 1.165) is 11.1 Å². The fourth-order valence-electron chi connectivity index (χ4n) is 2.17. The molecule has 0 bridgehead atoms. The van der Waals surface area contributed by atoms with E-state index in [9.17, 15) is 0 Å². The highest BCUT2D eigenvalue weighted by atomic mass is 28.3. The average molecular weight is 216 g/mol. The zero-order valence-electron chi connectivity index (χ0n) is 10.4. The molecule has 0 atom stereocenters. The molecule has 0 N–H and O–H groups in total. The standard InChI is InChI=1S/C11H27Si2/c1-7-8-12(6)9-13(10(2)3)11(4)5/h10-11,13H,7-9H2,1-6H3. The maximum absolute atomic E-state index is 2.54. The van der Waals surface area contributed by atoms with Gasteiger partial charge in [-0.25, -0.2) is 0 Å². The van der Waals surface area contributed by atoms with E-state index in [-0.39, 0.29) is 8.80 Å². The average Bonchev–Trinajstić information content (AvgIpc) is 1.99. The van der Waals surface area contributed by atoms with Crippen molar-refractivity contribution in [2.24, 2.45) is 0 Å². The molecule has 2 heteroatoms. The van der Waals surface area contributed by atoms with Crippen molar-refractivity contribution < 1.29 is 0 Å². The maximum atomic E-state index is 2.54. The molecule has 0 spiro atoms. The Kier molecular flexibility index (Phi) is 7.05. The minimum absolute atomic E-state index is 0.0331. The molecule has 0 saturated heterocycles. The second kappa shape index (κ2) is 6.82. The minimum atomic E-state index is -0.425. The Balaban J connectivity index is 3.94. The third-order valence-electron chi connectivity index (χ3n) is 2.97. The monoisotopic (exact) mass is 215 g/mol. The summed E-state index contributed by atoms with van der Waals surface area (Å²) in [6.07, 6.45) is 1.40. The first kappa shape index (κ1) is 13.4. The summed E-state index contributed by atoms with van der Waals surface area (Å²) in [5, 5.41) is 0. The molecule has 0 nitrogen and oxygen atoms in total. The molecule has 13 heavy (non-hydrogen) atoms. The molecular formula is C11H27Si2. The smallest absolute Gasteiger partial charge is 0.0415 e. The first-order chi connectivity index (χ1) is 5.99. The zero-order valence-corrected chi connectivity index (χ0v) is 12.5. The van der Waals surface area contributed by atoms with E-state index in [0.29, 0.717) is 0 Å². The second-order valence-electron chi connectivity index (χ2n) is 5.06. The van der Waals surface area contributed by atoms with E-state index in [2.05, 4.69) is 41.2 Å².